The van der Waals surface area contributed by atoms with Crippen LogP contribution in [0.5, 0.6) is 0 Å². The highest BCUT2D eigenvalue weighted by Crippen LogP contribution is 2.20. The molecule has 0 saturated carbocycles. The number of rotatable bonds is 3. The quantitative estimate of drug-likeness (QED) is 0.787. The predicted molar refractivity (Wildman–Crippen MR) is 81.9 cm³/mol. The largest absolute Gasteiger partial charge is 0.357 e. The normalized spacial score (nSPS) is 19.2. The zero-order chi connectivity index (χ0) is 15.4. The number of likely N-dealkylation sites (tertiary alicyclic amines) is 1. The summed E-state index contributed by atoms with van der Waals surface area (Å²) in [6.45, 7) is 2.51. The fraction of sp³-hybridized carbons (Fsp3) is 0.467. The second-order valence-corrected chi connectivity index (χ2v) is 5.31. The van der Waals surface area contributed by atoms with Crippen LogP contribution < -0.4 is 16.4 Å². The Hall–Kier alpha value is -2.08. The van der Waals surface area contributed by atoms with Gasteiger partial charge in [0.25, 0.3) is 0 Å². The van der Waals surface area contributed by atoms with E-state index in [4.69, 9.17) is 5.73 Å². The molecule has 0 spiro atoms. The first-order valence-corrected chi connectivity index (χ1v) is 7.17. The number of urea groups is 1. The average Bonchev–Trinajstić information content (AvgIpc) is 2.96. The van der Waals surface area contributed by atoms with Crippen LogP contribution in [0.4, 0.5) is 10.5 Å². The van der Waals surface area contributed by atoms with E-state index in [1.807, 2.05) is 31.2 Å². The van der Waals surface area contributed by atoms with Crippen molar-refractivity contribution in [1.29, 1.82) is 0 Å². The lowest BCUT2D eigenvalue weighted by Gasteiger charge is -2.23. The number of carbonyl (C=O) groups is 2. The van der Waals surface area contributed by atoms with Gasteiger partial charge in [-0.2, -0.15) is 0 Å². The molecule has 1 aliphatic rings. The molecule has 1 fully saturated rings. The molecule has 21 heavy (non-hydrogen) atoms. The summed E-state index contributed by atoms with van der Waals surface area (Å²) in [7, 11) is 1.59. The minimum Gasteiger partial charge on any atom is -0.357 e. The minimum atomic E-state index is -0.377. The first-order valence-electron chi connectivity index (χ1n) is 7.17. The first kappa shape index (κ1) is 15.3. The van der Waals surface area contributed by atoms with Crippen molar-refractivity contribution < 1.29 is 9.59 Å². The Morgan fingerprint density at radius 3 is 2.57 bits per heavy atom. The average molecular weight is 290 g/mol. The topological polar surface area (TPSA) is 87.5 Å². The molecule has 1 heterocycles. The van der Waals surface area contributed by atoms with Gasteiger partial charge in [0, 0.05) is 25.3 Å². The zero-order valence-electron chi connectivity index (χ0n) is 12.4. The highest BCUT2D eigenvalue weighted by Gasteiger charge is 2.33. The maximum Gasteiger partial charge on any atom is 0.322 e. The Kier molecular flexibility index (Phi) is 4.80. The third-order valence-corrected chi connectivity index (χ3v) is 3.75. The number of anilines is 1. The number of nitrogens with one attached hydrogen (secondary N) is 2. The van der Waals surface area contributed by atoms with Crippen molar-refractivity contribution in [1.82, 2.24) is 10.2 Å². The van der Waals surface area contributed by atoms with E-state index in [2.05, 4.69) is 10.6 Å². The molecule has 0 bridgehead atoms. The second-order valence-electron chi connectivity index (χ2n) is 5.31. The number of hydrogen-bond acceptors (Lipinski definition) is 3. The number of nitrogens with zero attached hydrogens (tertiary/aromatic N) is 1. The third kappa shape index (κ3) is 3.52. The smallest absolute Gasteiger partial charge is 0.322 e. The van der Waals surface area contributed by atoms with E-state index in [1.54, 1.807) is 11.9 Å². The molecule has 0 aromatic heterocycles. The molecule has 1 aromatic rings. The van der Waals surface area contributed by atoms with Crippen LogP contribution in [0.2, 0.25) is 0 Å². The lowest BCUT2D eigenvalue weighted by Crippen LogP contribution is -2.46. The molecule has 2 unspecified atom stereocenters. The minimum absolute atomic E-state index is 0.0361. The van der Waals surface area contributed by atoms with Gasteiger partial charge >= 0.3 is 6.03 Å². The molecule has 0 radical (unpaired) electrons. The number of likely N-dealkylation sites (N-methyl/N-ethyl adjacent to an activating group) is 1. The summed E-state index contributed by atoms with van der Waals surface area (Å²) in [5.41, 5.74) is 7.50. The summed E-state index contributed by atoms with van der Waals surface area (Å²) in [5, 5.41) is 5.43. The molecule has 2 rings (SSSR count). The van der Waals surface area contributed by atoms with E-state index in [9.17, 15) is 9.59 Å². The fourth-order valence-electron chi connectivity index (χ4n) is 2.51. The van der Waals surface area contributed by atoms with Gasteiger partial charge in [-0.3, -0.25) is 4.79 Å². The molecular weight excluding hydrogens is 268 g/mol. The number of nitrogens with two attached hydrogens (primary N) is 1. The third-order valence-electron chi connectivity index (χ3n) is 3.75. The Morgan fingerprint density at radius 2 is 2.00 bits per heavy atom. The molecule has 0 aliphatic carbocycles. The number of hydrogen-bond donors (Lipinski definition) is 3. The lowest BCUT2D eigenvalue weighted by molar-refractivity contribution is -0.124. The highest BCUT2D eigenvalue weighted by molar-refractivity contribution is 5.94. The van der Waals surface area contributed by atoms with Crippen molar-refractivity contribution in [2.75, 3.05) is 18.9 Å². The standard InChI is InChI=1S/C15H22N4O2/c1-10(16)11-5-7-12(8-6-11)18-15(21)19-9-3-4-13(19)14(20)17-2/h5-8,10,13H,3-4,9,16H2,1-2H3,(H,17,20)(H,18,21). The van der Waals surface area contributed by atoms with E-state index in [0.717, 1.165) is 12.0 Å². The SMILES string of the molecule is CNC(=O)C1CCCN1C(=O)Nc1ccc(C(C)N)cc1. The summed E-state index contributed by atoms with van der Waals surface area (Å²) < 4.78 is 0. The fourth-order valence-corrected chi connectivity index (χ4v) is 2.51. The van der Waals surface area contributed by atoms with E-state index >= 15 is 0 Å². The molecule has 4 N–H and O–H groups in total. The van der Waals surface area contributed by atoms with E-state index in [-0.39, 0.29) is 24.0 Å². The molecular formula is C15H22N4O2. The van der Waals surface area contributed by atoms with Crippen molar-refractivity contribution in [2.24, 2.45) is 5.73 Å². The molecule has 3 amide bonds. The Balaban J connectivity index is 2.02. The van der Waals surface area contributed by atoms with Gasteiger partial charge in [0.1, 0.15) is 6.04 Å². The van der Waals surface area contributed by atoms with Crippen LogP contribution in [-0.2, 0) is 4.79 Å². The van der Waals surface area contributed by atoms with Gasteiger partial charge < -0.3 is 21.3 Å². The van der Waals surface area contributed by atoms with Gasteiger partial charge in [0.15, 0.2) is 0 Å². The number of amides is 3. The van der Waals surface area contributed by atoms with Crippen LogP contribution in [0, 0.1) is 0 Å². The van der Waals surface area contributed by atoms with Gasteiger partial charge in [-0.05, 0) is 37.5 Å². The summed E-state index contributed by atoms with van der Waals surface area (Å²) in [5.74, 6) is -0.116. The first-order chi connectivity index (χ1) is 10.0. The van der Waals surface area contributed by atoms with Crippen molar-refractivity contribution in [2.45, 2.75) is 31.8 Å². The summed E-state index contributed by atoms with van der Waals surface area (Å²) in [6.07, 6.45) is 1.55. The molecule has 6 nitrogen and oxygen atoms in total. The molecule has 114 valence electrons. The van der Waals surface area contributed by atoms with Crippen molar-refractivity contribution >= 4 is 17.6 Å². The summed E-state index contributed by atoms with van der Waals surface area (Å²) >= 11 is 0. The Morgan fingerprint density at radius 1 is 1.33 bits per heavy atom. The van der Waals surface area contributed by atoms with Crippen LogP contribution in [0.1, 0.15) is 31.4 Å². The van der Waals surface area contributed by atoms with E-state index < -0.39 is 0 Å². The van der Waals surface area contributed by atoms with Crippen LogP contribution in [0.25, 0.3) is 0 Å². The Labute approximate surface area is 124 Å². The molecule has 1 saturated heterocycles. The summed E-state index contributed by atoms with van der Waals surface area (Å²) in [4.78, 5) is 25.6. The van der Waals surface area contributed by atoms with Crippen molar-refractivity contribution in [3.05, 3.63) is 29.8 Å². The van der Waals surface area contributed by atoms with Crippen LogP contribution in [-0.4, -0.2) is 36.5 Å². The van der Waals surface area contributed by atoms with Gasteiger partial charge in [-0.15, -0.1) is 0 Å². The maximum atomic E-state index is 12.3. The van der Waals surface area contributed by atoms with E-state index in [1.165, 1.54) is 0 Å². The second kappa shape index (κ2) is 6.58. The molecule has 6 heteroatoms. The van der Waals surface area contributed by atoms with Gasteiger partial charge in [0.05, 0.1) is 0 Å². The molecule has 2 atom stereocenters. The van der Waals surface area contributed by atoms with Crippen LogP contribution >= 0.6 is 0 Å². The molecule has 1 aromatic carbocycles. The van der Waals surface area contributed by atoms with Gasteiger partial charge in [-0.25, -0.2) is 4.79 Å². The van der Waals surface area contributed by atoms with Crippen molar-refractivity contribution in [3.63, 3.8) is 0 Å². The number of benzene rings is 1. The lowest BCUT2D eigenvalue weighted by atomic mass is 10.1. The van der Waals surface area contributed by atoms with E-state index in [0.29, 0.717) is 18.7 Å². The van der Waals surface area contributed by atoms with Crippen molar-refractivity contribution in [3.8, 4) is 0 Å². The zero-order valence-corrected chi connectivity index (χ0v) is 12.4. The summed E-state index contributed by atoms with van der Waals surface area (Å²) in [6, 6.07) is 6.77. The predicted octanol–water partition coefficient (Wildman–Crippen LogP) is 1.45. The Bertz CT molecular complexity index is 513. The maximum absolute atomic E-state index is 12.3. The van der Waals surface area contributed by atoms with Crippen LogP contribution in [0.3, 0.4) is 0 Å². The molecule has 1 aliphatic heterocycles. The van der Waals surface area contributed by atoms with Gasteiger partial charge in [0.2, 0.25) is 5.91 Å². The number of carbonyl (C=O) groups excluding carboxylic acids is 2. The van der Waals surface area contributed by atoms with Gasteiger partial charge in [-0.1, -0.05) is 12.1 Å². The monoisotopic (exact) mass is 290 g/mol. The highest BCUT2D eigenvalue weighted by atomic mass is 16.2. The van der Waals surface area contributed by atoms with Crippen LogP contribution in [0.15, 0.2) is 24.3 Å².